The normalized spacial score (nSPS) is 19.9. The molecule has 0 aliphatic carbocycles. The Kier molecular flexibility index (Phi) is 11.0. The second-order valence-electron chi connectivity index (χ2n) is 6.79. The number of rotatable bonds is 7. The van der Waals surface area contributed by atoms with Crippen molar-refractivity contribution in [2.24, 2.45) is 0 Å². The first-order valence-corrected chi connectivity index (χ1v) is 9.28. The van der Waals surface area contributed by atoms with E-state index in [1.807, 2.05) is 24.3 Å². The molecule has 0 unspecified atom stereocenters. The molecule has 7 heteroatoms. The first kappa shape index (κ1) is 23.0. The third-order valence-electron chi connectivity index (χ3n) is 4.85. The van der Waals surface area contributed by atoms with Crippen LogP contribution in [0.15, 0.2) is 24.3 Å². The molecule has 2 N–H and O–H groups in total. The Morgan fingerprint density at radius 3 is 2.54 bits per heavy atom. The van der Waals surface area contributed by atoms with Gasteiger partial charge in [-0.1, -0.05) is 6.42 Å². The van der Waals surface area contributed by atoms with E-state index in [1.54, 1.807) is 0 Å². The van der Waals surface area contributed by atoms with Gasteiger partial charge in [-0.2, -0.15) is 0 Å². The molecule has 2 fully saturated rings. The molecule has 26 heavy (non-hydrogen) atoms. The third-order valence-corrected chi connectivity index (χ3v) is 4.85. The number of hydrogen-bond donors (Lipinski definition) is 2. The number of nitrogens with zero attached hydrogens (tertiary/aromatic N) is 1. The van der Waals surface area contributed by atoms with E-state index in [0.717, 1.165) is 44.8 Å². The van der Waals surface area contributed by atoms with Gasteiger partial charge in [-0.3, -0.25) is 4.79 Å². The zero-order chi connectivity index (χ0) is 16.6. The zero-order valence-corrected chi connectivity index (χ0v) is 16.9. The topological polar surface area (TPSA) is 53.6 Å². The van der Waals surface area contributed by atoms with Crippen LogP contribution in [0.25, 0.3) is 0 Å². The van der Waals surface area contributed by atoms with Gasteiger partial charge in [-0.25, -0.2) is 0 Å². The molecule has 1 aromatic rings. The van der Waals surface area contributed by atoms with E-state index in [4.69, 9.17) is 4.74 Å². The highest BCUT2D eigenvalue weighted by Gasteiger charge is 2.17. The van der Waals surface area contributed by atoms with Crippen LogP contribution in [0.1, 0.15) is 42.5 Å². The summed E-state index contributed by atoms with van der Waals surface area (Å²) in [6, 6.07) is 7.73. The van der Waals surface area contributed by atoms with Crippen molar-refractivity contribution < 1.29 is 9.53 Å². The van der Waals surface area contributed by atoms with E-state index in [1.165, 1.54) is 32.4 Å². The average Bonchev–Trinajstić information content (AvgIpc) is 3.13. The first-order chi connectivity index (χ1) is 11.8. The van der Waals surface area contributed by atoms with Crippen molar-refractivity contribution in [3.05, 3.63) is 29.8 Å². The largest absolute Gasteiger partial charge is 0.494 e. The van der Waals surface area contributed by atoms with Crippen LogP contribution in [-0.2, 0) is 0 Å². The molecule has 0 aromatic heterocycles. The highest BCUT2D eigenvalue weighted by atomic mass is 35.5. The van der Waals surface area contributed by atoms with Crippen molar-refractivity contribution >= 4 is 30.7 Å². The van der Waals surface area contributed by atoms with E-state index in [9.17, 15) is 4.79 Å². The van der Waals surface area contributed by atoms with Crippen molar-refractivity contribution in [3.63, 3.8) is 0 Å². The third kappa shape index (κ3) is 7.31. The maximum atomic E-state index is 12.2. The minimum absolute atomic E-state index is 0. The number of nitrogens with one attached hydrogen (secondary N) is 2. The fourth-order valence-corrected chi connectivity index (χ4v) is 3.41. The van der Waals surface area contributed by atoms with Crippen molar-refractivity contribution in [1.29, 1.82) is 0 Å². The lowest BCUT2D eigenvalue weighted by Crippen LogP contribution is -2.36. The molecule has 1 atom stereocenters. The number of halogens is 2. The van der Waals surface area contributed by atoms with Gasteiger partial charge in [0, 0.05) is 24.7 Å². The highest BCUT2D eigenvalue weighted by molar-refractivity contribution is 5.94. The van der Waals surface area contributed by atoms with Crippen molar-refractivity contribution in [3.8, 4) is 5.75 Å². The Morgan fingerprint density at radius 1 is 1.15 bits per heavy atom. The molecular formula is C19H31Cl2N3O2. The minimum Gasteiger partial charge on any atom is -0.494 e. The standard InChI is InChI=1S/C19H29N3O2.2ClH/c23-19(21-17-9-10-20-15-17)16-5-7-18(8-6-16)24-14-4-13-22-11-2-1-3-12-22;;/h5-8,17,20H,1-4,9-15H2,(H,21,23);2*1H/t17-;;/m0../s1. The van der Waals surface area contributed by atoms with Gasteiger partial charge < -0.3 is 20.3 Å². The summed E-state index contributed by atoms with van der Waals surface area (Å²) in [5.41, 5.74) is 0.697. The Balaban J connectivity index is 0.00000169. The molecule has 2 aliphatic heterocycles. The molecule has 0 radical (unpaired) electrons. The molecule has 0 saturated carbocycles. The van der Waals surface area contributed by atoms with Gasteiger partial charge >= 0.3 is 0 Å². The molecular weight excluding hydrogens is 373 g/mol. The van der Waals surface area contributed by atoms with E-state index < -0.39 is 0 Å². The lowest BCUT2D eigenvalue weighted by Gasteiger charge is -2.26. The number of benzene rings is 1. The number of amides is 1. The molecule has 2 heterocycles. The van der Waals surface area contributed by atoms with Crippen molar-refractivity contribution in [2.75, 3.05) is 39.3 Å². The van der Waals surface area contributed by atoms with Gasteiger partial charge in [0.05, 0.1) is 6.61 Å². The summed E-state index contributed by atoms with van der Waals surface area (Å²) in [6.07, 6.45) is 6.10. The maximum Gasteiger partial charge on any atom is 0.251 e. The summed E-state index contributed by atoms with van der Waals surface area (Å²) >= 11 is 0. The van der Waals surface area contributed by atoms with Gasteiger partial charge in [-0.05, 0) is 69.6 Å². The number of ether oxygens (including phenoxy) is 1. The molecule has 1 aromatic carbocycles. The molecule has 2 saturated heterocycles. The number of hydrogen-bond acceptors (Lipinski definition) is 4. The number of carbonyl (C=O) groups excluding carboxylic acids is 1. The number of piperidine rings is 1. The van der Waals surface area contributed by atoms with Crippen LogP contribution in [0.3, 0.4) is 0 Å². The molecule has 5 nitrogen and oxygen atoms in total. The highest BCUT2D eigenvalue weighted by Crippen LogP contribution is 2.14. The second kappa shape index (κ2) is 12.4. The van der Waals surface area contributed by atoms with Crippen LogP contribution in [0.5, 0.6) is 5.75 Å². The number of likely N-dealkylation sites (tertiary alicyclic amines) is 1. The summed E-state index contributed by atoms with van der Waals surface area (Å²) in [6.45, 7) is 6.17. The lowest BCUT2D eigenvalue weighted by molar-refractivity contribution is 0.0940. The quantitative estimate of drug-likeness (QED) is 0.687. The SMILES string of the molecule is Cl.Cl.O=C(N[C@H]1CCNC1)c1ccc(OCCCN2CCCCC2)cc1. The van der Waals surface area contributed by atoms with Crippen LogP contribution in [0, 0.1) is 0 Å². The number of carbonyl (C=O) groups is 1. The second-order valence-corrected chi connectivity index (χ2v) is 6.79. The smallest absolute Gasteiger partial charge is 0.251 e. The van der Waals surface area contributed by atoms with Gasteiger partial charge in [0.2, 0.25) is 0 Å². The molecule has 2 aliphatic rings. The van der Waals surface area contributed by atoms with Crippen molar-refractivity contribution in [1.82, 2.24) is 15.5 Å². The van der Waals surface area contributed by atoms with E-state index in [2.05, 4.69) is 15.5 Å². The van der Waals surface area contributed by atoms with E-state index >= 15 is 0 Å². The summed E-state index contributed by atoms with van der Waals surface area (Å²) < 4.78 is 5.80. The molecule has 1 amide bonds. The fourth-order valence-electron chi connectivity index (χ4n) is 3.41. The van der Waals surface area contributed by atoms with Crippen LogP contribution in [-0.4, -0.2) is 56.2 Å². The summed E-state index contributed by atoms with van der Waals surface area (Å²) in [4.78, 5) is 14.7. The fraction of sp³-hybridized carbons (Fsp3) is 0.632. The summed E-state index contributed by atoms with van der Waals surface area (Å²) in [5, 5.41) is 6.31. The molecule has 0 bridgehead atoms. The Morgan fingerprint density at radius 2 is 1.88 bits per heavy atom. The van der Waals surface area contributed by atoms with Crippen LogP contribution >= 0.6 is 24.8 Å². The molecule has 148 valence electrons. The zero-order valence-electron chi connectivity index (χ0n) is 15.2. The summed E-state index contributed by atoms with van der Waals surface area (Å²) in [7, 11) is 0. The van der Waals surface area contributed by atoms with Gasteiger partial charge in [0.15, 0.2) is 0 Å². The Hall–Kier alpha value is -1.01. The predicted octanol–water partition coefficient (Wildman–Crippen LogP) is 2.88. The van der Waals surface area contributed by atoms with Gasteiger partial charge in [-0.15, -0.1) is 24.8 Å². The van der Waals surface area contributed by atoms with E-state index in [-0.39, 0.29) is 36.8 Å². The van der Waals surface area contributed by atoms with Crippen LogP contribution in [0.4, 0.5) is 0 Å². The monoisotopic (exact) mass is 403 g/mol. The molecule has 0 spiro atoms. The van der Waals surface area contributed by atoms with Crippen LogP contribution < -0.4 is 15.4 Å². The molecule has 3 rings (SSSR count). The average molecular weight is 404 g/mol. The van der Waals surface area contributed by atoms with Crippen molar-refractivity contribution in [2.45, 2.75) is 38.1 Å². The van der Waals surface area contributed by atoms with Gasteiger partial charge in [0.1, 0.15) is 5.75 Å². The predicted molar refractivity (Wildman–Crippen MR) is 110 cm³/mol. The summed E-state index contributed by atoms with van der Waals surface area (Å²) in [5.74, 6) is 0.841. The first-order valence-electron chi connectivity index (χ1n) is 9.28. The van der Waals surface area contributed by atoms with Crippen LogP contribution in [0.2, 0.25) is 0 Å². The minimum atomic E-state index is 0. The lowest BCUT2D eigenvalue weighted by atomic mass is 10.1. The Labute approximate surface area is 169 Å². The van der Waals surface area contributed by atoms with E-state index in [0.29, 0.717) is 5.56 Å². The van der Waals surface area contributed by atoms with Gasteiger partial charge in [0.25, 0.3) is 5.91 Å². The Bertz CT molecular complexity index is 516. The maximum absolute atomic E-state index is 12.2.